The fraction of sp³-hybridized carbons (Fsp3) is 0.370. The van der Waals surface area contributed by atoms with Crippen molar-refractivity contribution in [3.8, 4) is 11.5 Å². The zero-order valence-corrected chi connectivity index (χ0v) is 21.2. The van der Waals surface area contributed by atoms with Crippen LogP contribution in [0, 0.1) is 11.6 Å². The number of hydrogen-bond donors (Lipinski definition) is 2. The van der Waals surface area contributed by atoms with Gasteiger partial charge in [0.15, 0.2) is 5.82 Å². The predicted molar refractivity (Wildman–Crippen MR) is 134 cm³/mol. The molecule has 1 aliphatic carbocycles. The van der Waals surface area contributed by atoms with Crippen LogP contribution in [0.1, 0.15) is 68.5 Å². The molecule has 1 atom stereocenters. The number of nitrogens with one attached hydrogen (secondary N) is 2. The van der Waals surface area contributed by atoms with Crippen molar-refractivity contribution in [2.75, 3.05) is 7.11 Å². The summed E-state index contributed by atoms with van der Waals surface area (Å²) in [5.41, 5.74) is 1.56. The van der Waals surface area contributed by atoms with E-state index in [9.17, 15) is 9.59 Å². The molecule has 2 heterocycles. The summed E-state index contributed by atoms with van der Waals surface area (Å²) >= 11 is 0. The standard InChI is InChI=1S/C27H28F2N4O4/c1-13(30-26(35)37-27(2,3)4)17-12-20-14(8-18(17)28)10-22(31-20)24-32-21-11-15(25(34)36-5)9-19(29)23(21)33(24)16-6-7-16/h8-13,16,31H,6-7H2,1-5H3,(H,30,35)/t13-/m1/s1. The molecular weight excluding hydrogens is 482 g/mol. The average molecular weight is 511 g/mol. The molecule has 2 N–H and O–H groups in total. The lowest BCUT2D eigenvalue weighted by Gasteiger charge is -2.22. The van der Waals surface area contributed by atoms with Gasteiger partial charge in [0.2, 0.25) is 0 Å². The van der Waals surface area contributed by atoms with Gasteiger partial charge in [-0.2, -0.15) is 0 Å². The lowest BCUT2D eigenvalue weighted by Crippen LogP contribution is -2.34. The van der Waals surface area contributed by atoms with E-state index in [0.717, 1.165) is 18.9 Å². The number of fused-ring (bicyclic) bond motifs is 2. The summed E-state index contributed by atoms with van der Waals surface area (Å²) in [7, 11) is 1.24. The van der Waals surface area contributed by atoms with E-state index in [1.807, 2.05) is 4.57 Å². The molecule has 0 unspecified atom stereocenters. The van der Waals surface area contributed by atoms with Crippen molar-refractivity contribution in [3.05, 3.63) is 53.1 Å². The van der Waals surface area contributed by atoms with Crippen LogP contribution in [0.3, 0.4) is 0 Å². The molecule has 37 heavy (non-hydrogen) atoms. The second kappa shape index (κ2) is 8.86. The first-order valence-corrected chi connectivity index (χ1v) is 12.1. The molecule has 1 saturated carbocycles. The van der Waals surface area contributed by atoms with E-state index in [2.05, 4.69) is 15.3 Å². The number of esters is 1. The third-order valence-corrected chi connectivity index (χ3v) is 6.25. The van der Waals surface area contributed by atoms with Crippen LogP contribution in [0.15, 0.2) is 30.3 Å². The van der Waals surface area contributed by atoms with Gasteiger partial charge in [0.05, 0.1) is 29.9 Å². The van der Waals surface area contributed by atoms with Crippen molar-refractivity contribution in [2.24, 2.45) is 0 Å². The minimum absolute atomic E-state index is 0.0781. The summed E-state index contributed by atoms with van der Waals surface area (Å²) in [4.78, 5) is 32.1. The first kappa shape index (κ1) is 24.7. The molecule has 1 aliphatic rings. The van der Waals surface area contributed by atoms with Crippen molar-refractivity contribution >= 4 is 34.0 Å². The van der Waals surface area contributed by atoms with E-state index in [4.69, 9.17) is 9.47 Å². The van der Waals surface area contributed by atoms with Gasteiger partial charge in [0, 0.05) is 22.5 Å². The molecule has 2 aromatic carbocycles. The molecule has 10 heteroatoms. The fourth-order valence-electron chi connectivity index (χ4n) is 4.48. The molecule has 0 saturated heterocycles. The molecule has 0 radical (unpaired) electrons. The molecule has 8 nitrogen and oxygen atoms in total. The Morgan fingerprint density at radius 2 is 1.86 bits per heavy atom. The normalized spacial score (nSPS) is 14.7. The summed E-state index contributed by atoms with van der Waals surface area (Å²) in [5, 5.41) is 3.26. The molecule has 4 aromatic rings. The smallest absolute Gasteiger partial charge is 0.408 e. The number of halogens is 2. The summed E-state index contributed by atoms with van der Waals surface area (Å²) in [5.74, 6) is -1.19. The summed E-state index contributed by atoms with van der Waals surface area (Å²) in [6.45, 7) is 6.93. The largest absolute Gasteiger partial charge is 0.465 e. The van der Waals surface area contributed by atoms with Gasteiger partial charge in [-0.1, -0.05) is 0 Å². The number of imidazole rings is 1. The molecule has 194 valence electrons. The van der Waals surface area contributed by atoms with Gasteiger partial charge in [0.1, 0.15) is 22.8 Å². The Morgan fingerprint density at radius 1 is 1.14 bits per heavy atom. The predicted octanol–water partition coefficient (Wildman–Crippen LogP) is 6.17. The summed E-state index contributed by atoms with van der Waals surface area (Å²) in [6, 6.07) is 6.88. The van der Waals surface area contributed by atoms with Crippen LogP contribution in [0.25, 0.3) is 33.5 Å². The highest BCUT2D eigenvalue weighted by Crippen LogP contribution is 2.42. The SMILES string of the molecule is COC(=O)c1cc(F)c2c(c1)nc(-c1cc3cc(F)c([C@@H](C)NC(=O)OC(C)(C)C)cc3[nH]1)n2C1CC1. The Hall–Kier alpha value is -3.95. The molecular formula is C27H28F2N4O4. The fourth-order valence-corrected chi connectivity index (χ4v) is 4.48. The third kappa shape index (κ3) is 4.75. The Balaban J connectivity index is 1.55. The lowest BCUT2D eigenvalue weighted by atomic mass is 10.1. The van der Waals surface area contributed by atoms with Crippen LogP contribution in [0.4, 0.5) is 13.6 Å². The molecule has 0 spiro atoms. The second-order valence-electron chi connectivity index (χ2n) is 10.4. The first-order valence-electron chi connectivity index (χ1n) is 12.1. The van der Waals surface area contributed by atoms with Gasteiger partial charge in [0.25, 0.3) is 0 Å². The van der Waals surface area contributed by atoms with Crippen molar-refractivity contribution in [3.63, 3.8) is 0 Å². The topological polar surface area (TPSA) is 98.2 Å². The zero-order valence-electron chi connectivity index (χ0n) is 21.2. The van der Waals surface area contributed by atoms with E-state index < -0.39 is 35.3 Å². The van der Waals surface area contributed by atoms with Crippen LogP contribution < -0.4 is 5.32 Å². The van der Waals surface area contributed by atoms with Gasteiger partial charge in [-0.3, -0.25) is 0 Å². The molecule has 0 bridgehead atoms. The van der Waals surface area contributed by atoms with Crippen LogP contribution in [0.5, 0.6) is 0 Å². The monoisotopic (exact) mass is 510 g/mol. The van der Waals surface area contributed by atoms with Crippen molar-refractivity contribution < 1.29 is 27.8 Å². The van der Waals surface area contributed by atoms with Gasteiger partial charge in [-0.15, -0.1) is 0 Å². The van der Waals surface area contributed by atoms with Crippen molar-refractivity contribution in [1.82, 2.24) is 19.9 Å². The Labute approximate surface area is 212 Å². The molecule has 1 fully saturated rings. The first-order chi connectivity index (χ1) is 17.4. The number of alkyl carbamates (subject to hydrolysis) is 1. The third-order valence-electron chi connectivity index (χ3n) is 6.25. The zero-order chi connectivity index (χ0) is 26.6. The summed E-state index contributed by atoms with van der Waals surface area (Å²) < 4.78 is 42.0. The number of aromatic amines is 1. The number of carbonyl (C=O) groups is 2. The van der Waals surface area contributed by atoms with E-state index in [0.29, 0.717) is 33.5 Å². The molecule has 1 amide bonds. The number of ether oxygens (including phenoxy) is 2. The van der Waals surface area contributed by atoms with Gasteiger partial charge in [-0.25, -0.2) is 23.4 Å². The minimum Gasteiger partial charge on any atom is -0.465 e. The van der Waals surface area contributed by atoms with E-state index in [-0.39, 0.29) is 17.2 Å². The number of benzene rings is 2. The minimum atomic E-state index is -0.676. The molecule has 0 aliphatic heterocycles. The second-order valence-corrected chi connectivity index (χ2v) is 10.4. The highest BCUT2D eigenvalue weighted by Gasteiger charge is 2.31. The number of aromatic nitrogens is 3. The highest BCUT2D eigenvalue weighted by atomic mass is 19.1. The maximum absolute atomic E-state index is 15.2. The van der Waals surface area contributed by atoms with Gasteiger partial charge in [-0.05, 0) is 70.9 Å². The number of H-pyrrole nitrogens is 1. The van der Waals surface area contributed by atoms with Gasteiger partial charge < -0.3 is 24.3 Å². The van der Waals surface area contributed by atoms with Crippen LogP contribution in [0.2, 0.25) is 0 Å². The number of carbonyl (C=O) groups excluding carboxylic acids is 2. The average Bonchev–Trinajstić information content (AvgIpc) is 3.44. The lowest BCUT2D eigenvalue weighted by molar-refractivity contribution is 0.0506. The van der Waals surface area contributed by atoms with Gasteiger partial charge >= 0.3 is 12.1 Å². The van der Waals surface area contributed by atoms with Crippen LogP contribution >= 0.6 is 0 Å². The van der Waals surface area contributed by atoms with Crippen molar-refractivity contribution in [1.29, 1.82) is 0 Å². The number of nitrogens with zero attached hydrogens (tertiary/aromatic N) is 2. The number of methoxy groups -OCH3 is 1. The summed E-state index contributed by atoms with van der Waals surface area (Å²) in [6.07, 6.45) is 1.12. The number of amides is 1. The Morgan fingerprint density at radius 3 is 2.51 bits per heavy atom. The number of hydrogen-bond acceptors (Lipinski definition) is 5. The number of rotatable bonds is 5. The van der Waals surface area contributed by atoms with E-state index in [1.165, 1.54) is 19.2 Å². The van der Waals surface area contributed by atoms with E-state index in [1.54, 1.807) is 39.8 Å². The quantitative estimate of drug-likeness (QED) is 0.313. The maximum Gasteiger partial charge on any atom is 0.408 e. The Kier molecular flexibility index (Phi) is 5.92. The van der Waals surface area contributed by atoms with Crippen LogP contribution in [-0.2, 0) is 9.47 Å². The molecule has 2 aromatic heterocycles. The van der Waals surface area contributed by atoms with E-state index >= 15 is 8.78 Å². The van der Waals surface area contributed by atoms with Crippen LogP contribution in [-0.4, -0.2) is 39.3 Å². The Bertz CT molecular complexity index is 1550. The molecule has 5 rings (SSSR count). The highest BCUT2D eigenvalue weighted by molar-refractivity contribution is 5.95. The van der Waals surface area contributed by atoms with Crippen molar-refractivity contribution in [2.45, 2.75) is 58.2 Å². The maximum atomic E-state index is 15.2.